The SMILES string of the molecule is Nc1ccc(C(=O)Oc2ccccc2)c(O)c1.O=C(O)c1ccccc1ONc1ccccc1. The Morgan fingerprint density at radius 2 is 1.38 bits per heavy atom. The molecule has 0 spiro atoms. The van der Waals surface area contributed by atoms with Crippen molar-refractivity contribution in [1.82, 2.24) is 0 Å². The molecule has 5 N–H and O–H groups in total. The molecule has 0 saturated heterocycles. The highest BCUT2D eigenvalue weighted by atomic mass is 16.6. The molecule has 4 aromatic rings. The minimum atomic E-state index is -1.02. The number of carboxylic acid groups (broad SMARTS) is 1. The topological polar surface area (TPSA) is 131 Å². The number of rotatable bonds is 6. The van der Waals surface area contributed by atoms with E-state index in [-0.39, 0.29) is 22.6 Å². The molecular weight excluding hydrogens is 436 g/mol. The molecule has 0 fully saturated rings. The van der Waals surface area contributed by atoms with Gasteiger partial charge in [0.1, 0.15) is 22.6 Å². The molecule has 4 rings (SSSR count). The van der Waals surface area contributed by atoms with Gasteiger partial charge in [-0.15, -0.1) is 0 Å². The maximum absolute atomic E-state index is 11.7. The molecule has 0 aliphatic carbocycles. The molecule has 0 amide bonds. The Morgan fingerprint density at radius 1 is 0.765 bits per heavy atom. The van der Waals surface area contributed by atoms with Gasteiger partial charge in [-0.2, -0.15) is 0 Å². The smallest absolute Gasteiger partial charge is 0.347 e. The van der Waals surface area contributed by atoms with E-state index in [4.69, 9.17) is 20.4 Å². The van der Waals surface area contributed by atoms with Crippen molar-refractivity contribution in [3.05, 3.63) is 114 Å². The van der Waals surface area contributed by atoms with Crippen molar-refractivity contribution in [3.63, 3.8) is 0 Å². The van der Waals surface area contributed by atoms with Crippen LogP contribution in [0.4, 0.5) is 11.4 Å². The fourth-order valence-corrected chi connectivity index (χ4v) is 2.72. The van der Waals surface area contributed by atoms with Crippen molar-refractivity contribution in [2.45, 2.75) is 0 Å². The molecule has 0 unspecified atom stereocenters. The van der Waals surface area contributed by atoms with E-state index >= 15 is 0 Å². The second kappa shape index (κ2) is 11.6. The second-order valence-corrected chi connectivity index (χ2v) is 6.85. The molecule has 0 aliphatic rings. The lowest BCUT2D eigenvalue weighted by atomic mass is 10.2. The summed E-state index contributed by atoms with van der Waals surface area (Å²) in [6, 6.07) is 28.6. The summed E-state index contributed by atoms with van der Waals surface area (Å²) in [7, 11) is 0. The number of ether oxygens (including phenoxy) is 1. The van der Waals surface area contributed by atoms with Crippen LogP contribution in [0, 0.1) is 0 Å². The number of esters is 1. The molecule has 0 aliphatic heterocycles. The lowest BCUT2D eigenvalue weighted by Gasteiger charge is -2.09. The molecule has 0 aromatic heterocycles. The Bertz CT molecular complexity index is 1250. The van der Waals surface area contributed by atoms with Crippen LogP contribution in [0.25, 0.3) is 0 Å². The quantitative estimate of drug-likeness (QED) is 0.138. The van der Waals surface area contributed by atoms with Crippen molar-refractivity contribution in [3.8, 4) is 17.2 Å². The van der Waals surface area contributed by atoms with E-state index in [1.165, 1.54) is 24.3 Å². The Kier molecular flexibility index (Phi) is 8.07. The van der Waals surface area contributed by atoms with Crippen LogP contribution in [0.2, 0.25) is 0 Å². The average molecular weight is 458 g/mol. The Labute approximate surface area is 195 Å². The van der Waals surface area contributed by atoms with E-state index in [9.17, 15) is 14.7 Å². The Hall–Kier alpha value is -4.98. The van der Waals surface area contributed by atoms with Crippen molar-refractivity contribution in [2.75, 3.05) is 11.2 Å². The first-order valence-electron chi connectivity index (χ1n) is 10.1. The van der Waals surface area contributed by atoms with Gasteiger partial charge in [0.2, 0.25) is 0 Å². The van der Waals surface area contributed by atoms with Gasteiger partial charge in [-0.3, -0.25) is 0 Å². The highest BCUT2D eigenvalue weighted by Crippen LogP contribution is 2.22. The molecule has 0 bridgehead atoms. The van der Waals surface area contributed by atoms with Gasteiger partial charge >= 0.3 is 11.9 Å². The second-order valence-electron chi connectivity index (χ2n) is 6.85. The van der Waals surface area contributed by atoms with Crippen LogP contribution in [0.1, 0.15) is 20.7 Å². The van der Waals surface area contributed by atoms with Crippen LogP contribution in [-0.2, 0) is 0 Å². The van der Waals surface area contributed by atoms with Crippen molar-refractivity contribution in [1.29, 1.82) is 0 Å². The number of carbonyl (C=O) groups excluding carboxylic acids is 1. The summed E-state index contributed by atoms with van der Waals surface area (Å²) < 4.78 is 5.08. The van der Waals surface area contributed by atoms with Gasteiger partial charge in [0.15, 0.2) is 5.75 Å². The third-order valence-electron chi connectivity index (χ3n) is 4.37. The number of phenols is 1. The number of carboxylic acids is 1. The van der Waals surface area contributed by atoms with Crippen molar-refractivity contribution < 1.29 is 29.4 Å². The Balaban J connectivity index is 0.000000191. The van der Waals surface area contributed by atoms with Gasteiger partial charge in [0.25, 0.3) is 0 Å². The van der Waals surface area contributed by atoms with Gasteiger partial charge in [-0.1, -0.05) is 48.5 Å². The van der Waals surface area contributed by atoms with E-state index in [0.717, 1.165) is 5.69 Å². The van der Waals surface area contributed by atoms with Crippen LogP contribution in [-0.4, -0.2) is 22.2 Å². The molecule has 0 atom stereocenters. The third-order valence-corrected chi connectivity index (χ3v) is 4.37. The fraction of sp³-hybridized carbons (Fsp3) is 0. The van der Waals surface area contributed by atoms with Gasteiger partial charge in [0.05, 0.1) is 5.69 Å². The molecule has 8 heteroatoms. The number of nitrogens with two attached hydrogens (primary N) is 1. The van der Waals surface area contributed by atoms with Crippen LogP contribution >= 0.6 is 0 Å². The molecule has 0 heterocycles. The predicted molar refractivity (Wildman–Crippen MR) is 128 cm³/mol. The monoisotopic (exact) mass is 458 g/mol. The summed E-state index contributed by atoms with van der Waals surface area (Å²) in [5, 5.41) is 18.5. The van der Waals surface area contributed by atoms with E-state index < -0.39 is 11.9 Å². The normalized spacial score (nSPS) is 9.76. The van der Waals surface area contributed by atoms with E-state index in [1.54, 1.807) is 42.5 Å². The third kappa shape index (κ3) is 6.76. The average Bonchev–Trinajstić information content (AvgIpc) is 2.84. The predicted octanol–water partition coefficient (Wildman–Crippen LogP) is 4.98. The minimum absolute atomic E-state index is 0.0862. The van der Waals surface area contributed by atoms with E-state index in [2.05, 4.69) is 5.48 Å². The van der Waals surface area contributed by atoms with Crippen molar-refractivity contribution >= 4 is 23.3 Å². The number of hydrogen-bond donors (Lipinski definition) is 4. The first-order chi connectivity index (χ1) is 16.4. The number of phenolic OH excluding ortho intramolecular Hbond substituents is 1. The summed E-state index contributed by atoms with van der Waals surface area (Å²) in [4.78, 5) is 27.9. The largest absolute Gasteiger partial charge is 0.507 e. The van der Waals surface area contributed by atoms with Gasteiger partial charge in [0, 0.05) is 11.8 Å². The number of nitrogen functional groups attached to an aromatic ring is 1. The highest BCUT2D eigenvalue weighted by Gasteiger charge is 2.13. The van der Waals surface area contributed by atoms with E-state index in [1.807, 2.05) is 36.4 Å². The van der Waals surface area contributed by atoms with Gasteiger partial charge in [-0.25, -0.2) is 15.1 Å². The summed E-state index contributed by atoms with van der Waals surface area (Å²) in [5.74, 6) is -1.12. The maximum atomic E-state index is 11.7. The van der Waals surface area contributed by atoms with Gasteiger partial charge < -0.3 is 25.5 Å². The number of nitrogens with one attached hydrogen (secondary N) is 1. The maximum Gasteiger partial charge on any atom is 0.347 e. The van der Waals surface area contributed by atoms with Crippen LogP contribution in [0.15, 0.2) is 103 Å². The zero-order chi connectivity index (χ0) is 24.3. The summed E-state index contributed by atoms with van der Waals surface area (Å²) in [5.41, 5.74) is 9.51. The number of para-hydroxylation sites is 3. The first-order valence-corrected chi connectivity index (χ1v) is 10.1. The molecule has 172 valence electrons. The molecule has 0 radical (unpaired) electrons. The molecule has 4 aromatic carbocycles. The number of benzene rings is 4. The number of carbonyl (C=O) groups is 2. The molecule has 34 heavy (non-hydrogen) atoms. The van der Waals surface area contributed by atoms with Gasteiger partial charge in [-0.05, 0) is 48.5 Å². The number of hydrogen-bond acceptors (Lipinski definition) is 7. The highest BCUT2D eigenvalue weighted by molar-refractivity contribution is 5.94. The summed E-state index contributed by atoms with van der Waals surface area (Å²) in [6.45, 7) is 0. The standard InChI is InChI=1S/2C13H11NO3/c15-13(16)11-8-4-5-9-12(11)17-14-10-6-2-1-3-7-10;14-9-6-7-11(12(15)8-9)13(16)17-10-4-2-1-3-5-10/h1-9,14H,(H,15,16);1-8,15H,14H2. The van der Waals surface area contributed by atoms with E-state index in [0.29, 0.717) is 11.4 Å². The fourth-order valence-electron chi connectivity index (χ4n) is 2.72. The number of anilines is 2. The Morgan fingerprint density at radius 3 is 2.03 bits per heavy atom. The van der Waals surface area contributed by atoms with Crippen LogP contribution in [0.5, 0.6) is 17.2 Å². The summed E-state index contributed by atoms with van der Waals surface area (Å²) in [6.07, 6.45) is 0. The number of aromatic carboxylic acids is 1. The van der Waals surface area contributed by atoms with Crippen LogP contribution < -0.4 is 20.8 Å². The minimum Gasteiger partial charge on any atom is -0.507 e. The number of aromatic hydroxyl groups is 1. The molecular formula is C26H22N2O6. The lowest BCUT2D eigenvalue weighted by Crippen LogP contribution is -2.08. The summed E-state index contributed by atoms with van der Waals surface area (Å²) >= 11 is 0. The van der Waals surface area contributed by atoms with Crippen molar-refractivity contribution in [2.24, 2.45) is 0 Å². The first kappa shape index (κ1) is 23.7. The van der Waals surface area contributed by atoms with Crippen LogP contribution in [0.3, 0.4) is 0 Å². The molecule has 0 saturated carbocycles. The molecule has 8 nitrogen and oxygen atoms in total. The lowest BCUT2D eigenvalue weighted by molar-refractivity contribution is 0.0690. The zero-order valence-electron chi connectivity index (χ0n) is 17.9. The zero-order valence-corrected chi connectivity index (χ0v) is 17.9.